The molecular weight excluding hydrogens is 369 g/mol. The van der Waals surface area contributed by atoms with E-state index in [0.717, 1.165) is 36.0 Å². The molecule has 2 aromatic heterocycles. The molecule has 0 amide bonds. The molecule has 0 bridgehead atoms. The van der Waals surface area contributed by atoms with Crippen molar-refractivity contribution in [2.75, 3.05) is 13.6 Å². The third kappa shape index (κ3) is 2.91. The molecule has 0 fully saturated rings. The molecule has 3 heterocycles. The van der Waals surface area contributed by atoms with Crippen LogP contribution >= 0.6 is 23.2 Å². The number of nitrogens with zero attached hydrogens (tertiary/aromatic N) is 3. The van der Waals surface area contributed by atoms with Crippen molar-refractivity contribution in [3.63, 3.8) is 0 Å². The summed E-state index contributed by atoms with van der Waals surface area (Å²) in [4.78, 5) is 6.33. The molecule has 1 aliphatic heterocycles. The van der Waals surface area contributed by atoms with Crippen LogP contribution in [0.2, 0.25) is 10.0 Å². The predicted octanol–water partition coefficient (Wildman–Crippen LogP) is 4.24. The van der Waals surface area contributed by atoms with E-state index in [1.54, 1.807) is 12.4 Å². The summed E-state index contributed by atoms with van der Waals surface area (Å²) < 4.78 is 2.21. The van der Waals surface area contributed by atoms with Crippen molar-refractivity contribution >= 4 is 34.1 Å². The molecule has 6 heteroatoms. The molecule has 1 atom stereocenters. The van der Waals surface area contributed by atoms with Crippen LogP contribution in [0.1, 0.15) is 23.7 Å². The first-order chi connectivity index (χ1) is 12.4. The summed E-state index contributed by atoms with van der Waals surface area (Å²) in [5.74, 6) is 0. The zero-order valence-electron chi connectivity index (χ0n) is 14.8. The van der Waals surface area contributed by atoms with Gasteiger partial charge in [-0.3, -0.25) is 4.98 Å². The van der Waals surface area contributed by atoms with E-state index in [-0.39, 0.29) is 0 Å². The van der Waals surface area contributed by atoms with Gasteiger partial charge in [0.2, 0.25) is 0 Å². The van der Waals surface area contributed by atoms with Gasteiger partial charge in [0.05, 0.1) is 22.1 Å². The molecule has 1 unspecified atom stereocenters. The van der Waals surface area contributed by atoms with Gasteiger partial charge in [-0.15, -0.1) is 0 Å². The lowest BCUT2D eigenvalue weighted by Gasteiger charge is -2.28. The molecule has 1 N–H and O–H groups in total. The molecule has 0 spiro atoms. The highest BCUT2D eigenvalue weighted by atomic mass is 35.5. The predicted molar refractivity (Wildman–Crippen MR) is 106 cm³/mol. The number of likely N-dealkylation sites (N-methyl/N-ethyl adjacent to an activating group) is 1. The molecule has 0 radical (unpaired) electrons. The van der Waals surface area contributed by atoms with E-state index in [1.165, 1.54) is 11.3 Å². The fraction of sp³-hybridized carbons (Fsp3) is 0.350. The minimum atomic E-state index is -1.02. The number of rotatable bonds is 3. The number of halogens is 2. The maximum atomic E-state index is 11.2. The summed E-state index contributed by atoms with van der Waals surface area (Å²) in [6, 6.07) is 7.55. The van der Waals surface area contributed by atoms with E-state index in [2.05, 4.69) is 21.5 Å². The maximum Gasteiger partial charge on any atom is 0.105 e. The lowest BCUT2D eigenvalue weighted by molar-refractivity contribution is 0.0384. The van der Waals surface area contributed by atoms with Crippen LogP contribution in [0.5, 0.6) is 0 Å². The van der Waals surface area contributed by atoms with Crippen LogP contribution in [0.4, 0.5) is 0 Å². The van der Waals surface area contributed by atoms with Gasteiger partial charge in [-0.1, -0.05) is 23.2 Å². The average molecular weight is 390 g/mol. The Morgan fingerprint density at radius 3 is 2.65 bits per heavy atom. The quantitative estimate of drug-likeness (QED) is 0.728. The van der Waals surface area contributed by atoms with Gasteiger partial charge in [0.1, 0.15) is 5.60 Å². The van der Waals surface area contributed by atoms with Crippen LogP contribution in [-0.4, -0.2) is 33.1 Å². The standard InChI is InChI=1S/C20H21Cl2N3O/c1-20(26,13-5-8-23-9-6-13)12-25-16-7-10-24(2)11-14(16)18-17(25)4-3-15(21)19(18)22/h3-6,8-9,26H,7,10-12H2,1-2H3. The minimum Gasteiger partial charge on any atom is -0.384 e. The number of aromatic nitrogens is 2. The zero-order valence-corrected chi connectivity index (χ0v) is 16.3. The smallest absolute Gasteiger partial charge is 0.105 e. The van der Waals surface area contributed by atoms with Crippen molar-refractivity contribution in [1.82, 2.24) is 14.5 Å². The van der Waals surface area contributed by atoms with Crippen LogP contribution in [0.25, 0.3) is 10.9 Å². The average Bonchev–Trinajstić information content (AvgIpc) is 2.92. The first-order valence-corrected chi connectivity index (χ1v) is 9.43. The van der Waals surface area contributed by atoms with Gasteiger partial charge < -0.3 is 14.6 Å². The van der Waals surface area contributed by atoms with E-state index in [4.69, 9.17) is 23.2 Å². The topological polar surface area (TPSA) is 41.3 Å². The first kappa shape index (κ1) is 17.8. The Labute approximate surface area is 163 Å². The van der Waals surface area contributed by atoms with Gasteiger partial charge in [-0.05, 0) is 49.4 Å². The number of fused-ring (bicyclic) bond motifs is 3. The number of benzene rings is 1. The molecule has 4 nitrogen and oxygen atoms in total. The lowest BCUT2D eigenvalue weighted by Crippen LogP contribution is -2.31. The van der Waals surface area contributed by atoms with Crippen LogP contribution < -0.4 is 0 Å². The van der Waals surface area contributed by atoms with Gasteiger partial charge in [0.25, 0.3) is 0 Å². The van der Waals surface area contributed by atoms with Crippen LogP contribution in [0.3, 0.4) is 0 Å². The van der Waals surface area contributed by atoms with Crippen molar-refractivity contribution in [2.45, 2.75) is 32.0 Å². The first-order valence-electron chi connectivity index (χ1n) is 8.68. The van der Waals surface area contributed by atoms with E-state index in [0.29, 0.717) is 16.6 Å². The van der Waals surface area contributed by atoms with E-state index < -0.39 is 5.60 Å². The second-order valence-corrected chi connectivity index (χ2v) is 8.05. The summed E-state index contributed by atoms with van der Waals surface area (Å²) in [5.41, 5.74) is 3.30. The van der Waals surface area contributed by atoms with Gasteiger partial charge in [-0.2, -0.15) is 0 Å². The third-order valence-corrected chi connectivity index (χ3v) is 6.07. The Hall–Kier alpha value is -1.59. The summed E-state index contributed by atoms with van der Waals surface area (Å²) >= 11 is 12.9. The van der Waals surface area contributed by atoms with E-state index in [1.807, 2.05) is 31.2 Å². The molecule has 136 valence electrons. The Balaban J connectivity index is 1.89. The maximum absolute atomic E-state index is 11.2. The van der Waals surface area contributed by atoms with Crippen LogP contribution in [0.15, 0.2) is 36.7 Å². The molecule has 1 aromatic carbocycles. The molecule has 0 saturated heterocycles. The molecular formula is C20H21Cl2N3O. The second kappa shape index (κ2) is 6.54. The molecule has 0 saturated carbocycles. The Bertz CT molecular complexity index is 966. The highest BCUT2D eigenvalue weighted by molar-refractivity contribution is 6.45. The van der Waals surface area contributed by atoms with Gasteiger partial charge in [0.15, 0.2) is 0 Å². The highest BCUT2D eigenvalue weighted by Gasteiger charge is 2.30. The molecule has 0 aliphatic carbocycles. The zero-order chi connectivity index (χ0) is 18.5. The Kier molecular flexibility index (Phi) is 4.48. The number of aliphatic hydroxyl groups is 1. The number of hydrogen-bond acceptors (Lipinski definition) is 3. The number of pyridine rings is 1. The van der Waals surface area contributed by atoms with Gasteiger partial charge >= 0.3 is 0 Å². The largest absolute Gasteiger partial charge is 0.384 e. The van der Waals surface area contributed by atoms with Gasteiger partial charge in [-0.25, -0.2) is 0 Å². The fourth-order valence-corrected chi connectivity index (χ4v) is 4.33. The minimum absolute atomic E-state index is 0.449. The molecule has 1 aliphatic rings. The Morgan fingerprint density at radius 2 is 1.92 bits per heavy atom. The Morgan fingerprint density at radius 1 is 1.19 bits per heavy atom. The highest BCUT2D eigenvalue weighted by Crippen LogP contribution is 2.40. The summed E-state index contributed by atoms with van der Waals surface area (Å²) in [6.07, 6.45) is 4.33. The van der Waals surface area contributed by atoms with Crippen molar-refractivity contribution < 1.29 is 5.11 Å². The van der Waals surface area contributed by atoms with Crippen molar-refractivity contribution in [3.05, 3.63) is 63.5 Å². The van der Waals surface area contributed by atoms with E-state index in [9.17, 15) is 5.11 Å². The van der Waals surface area contributed by atoms with Gasteiger partial charge in [0, 0.05) is 43.0 Å². The summed E-state index contributed by atoms with van der Waals surface area (Å²) in [7, 11) is 2.11. The van der Waals surface area contributed by atoms with Crippen LogP contribution in [-0.2, 0) is 25.1 Å². The monoisotopic (exact) mass is 389 g/mol. The van der Waals surface area contributed by atoms with Crippen molar-refractivity contribution in [2.24, 2.45) is 0 Å². The second-order valence-electron chi connectivity index (χ2n) is 7.26. The van der Waals surface area contributed by atoms with Crippen molar-refractivity contribution in [3.8, 4) is 0 Å². The van der Waals surface area contributed by atoms with Crippen molar-refractivity contribution in [1.29, 1.82) is 0 Å². The summed E-state index contributed by atoms with van der Waals surface area (Å²) in [5, 5.41) is 13.3. The molecule has 4 rings (SSSR count). The normalized spacial score (nSPS) is 17.3. The number of hydrogen-bond donors (Lipinski definition) is 1. The molecule has 26 heavy (non-hydrogen) atoms. The fourth-order valence-electron chi connectivity index (χ4n) is 3.90. The van der Waals surface area contributed by atoms with Crippen LogP contribution in [0, 0.1) is 0 Å². The SMILES string of the molecule is CN1CCc2c(c3c(Cl)c(Cl)ccc3n2CC(C)(O)c2ccncc2)C1. The lowest BCUT2D eigenvalue weighted by atomic mass is 9.96. The third-order valence-electron chi connectivity index (χ3n) is 5.27. The summed E-state index contributed by atoms with van der Waals surface area (Å²) in [6.45, 7) is 4.10. The molecule has 3 aromatic rings. The van der Waals surface area contributed by atoms with E-state index >= 15 is 0 Å².